The second-order valence-electron chi connectivity index (χ2n) is 4.94. The molecule has 2 aliphatic heterocycles. The minimum Gasteiger partial charge on any atom is -0.391 e. The van der Waals surface area contributed by atoms with Crippen molar-refractivity contribution in [2.45, 2.75) is 38.5 Å². The number of aliphatic hydroxyl groups is 1. The van der Waals surface area contributed by atoms with Crippen molar-refractivity contribution in [3.63, 3.8) is 0 Å². The van der Waals surface area contributed by atoms with E-state index >= 15 is 0 Å². The number of aliphatic hydroxyl groups excluding tert-OH is 1. The van der Waals surface area contributed by atoms with Crippen LogP contribution in [-0.4, -0.2) is 34.4 Å². The summed E-state index contributed by atoms with van der Waals surface area (Å²) in [6.07, 6.45) is 2.64. The highest BCUT2D eigenvalue weighted by Gasteiger charge is 2.38. The van der Waals surface area contributed by atoms with E-state index in [0.717, 1.165) is 29.7 Å². The molecule has 0 aromatic carbocycles. The lowest BCUT2D eigenvalue weighted by molar-refractivity contribution is -0.125. The molecule has 19 heavy (non-hydrogen) atoms. The van der Waals surface area contributed by atoms with Gasteiger partial charge in [0.25, 0.3) is 5.91 Å². The molecule has 5 nitrogen and oxygen atoms in total. The lowest BCUT2D eigenvalue weighted by Crippen LogP contribution is -2.45. The maximum atomic E-state index is 12.4. The smallest absolute Gasteiger partial charge is 0.256 e. The Morgan fingerprint density at radius 1 is 1.42 bits per heavy atom. The molecule has 2 amide bonds. The number of hydrogen-bond donors (Lipinski definition) is 2. The van der Waals surface area contributed by atoms with E-state index in [9.17, 15) is 14.7 Å². The van der Waals surface area contributed by atoms with Gasteiger partial charge in [-0.15, -0.1) is 11.3 Å². The molecule has 0 saturated carbocycles. The summed E-state index contributed by atoms with van der Waals surface area (Å²) in [5, 5.41) is 13.9. The largest absolute Gasteiger partial charge is 0.391 e. The zero-order valence-electron chi connectivity index (χ0n) is 10.5. The fourth-order valence-corrected chi connectivity index (χ4v) is 3.67. The Balaban J connectivity index is 1.86. The Bertz CT molecular complexity index is 526. The van der Waals surface area contributed by atoms with Crippen molar-refractivity contribution in [2.24, 2.45) is 0 Å². The predicted molar refractivity (Wildman–Crippen MR) is 70.8 cm³/mol. The second kappa shape index (κ2) is 4.94. The quantitative estimate of drug-likeness (QED) is 0.844. The van der Waals surface area contributed by atoms with Gasteiger partial charge in [-0.25, -0.2) is 0 Å². The van der Waals surface area contributed by atoms with E-state index in [4.69, 9.17) is 0 Å². The summed E-state index contributed by atoms with van der Waals surface area (Å²) in [5.74, 6) is -0.127. The van der Waals surface area contributed by atoms with Gasteiger partial charge in [0.1, 0.15) is 6.04 Å². The monoisotopic (exact) mass is 280 g/mol. The molecule has 0 radical (unpaired) electrons. The van der Waals surface area contributed by atoms with Gasteiger partial charge in [0.2, 0.25) is 5.91 Å². The van der Waals surface area contributed by atoms with Crippen molar-refractivity contribution in [1.82, 2.24) is 10.2 Å². The normalized spacial score (nSPS) is 23.2. The molecule has 3 rings (SSSR count). The average Bonchev–Trinajstić information content (AvgIpc) is 2.87. The molecule has 2 aliphatic rings. The van der Waals surface area contributed by atoms with Crippen LogP contribution in [0, 0.1) is 0 Å². The van der Waals surface area contributed by atoms with Gasteiger partial charge < -0.3 is 15.3 Å². The van der Waals surface area contributed by atoms with Gasteiger partial charge in [-0.3, -0.25) is 9.59 Å². The topological polar surface area (TPSA) is 69.6 Å². The van der Waals surface area contributed by atoms with Gasteiger partial charge in [-0.05, 0) is 19.3 Å². The Morgan fingerprint density at radius 3 is 3.05 bits per heavy atom. The first kappa shape index (κ1) is 12.6. The van der Waals surface area contributed by atoms with Gasteiger partial charge in [-0.1, -0.05) is 0 Å². The van der Waals surface area contributed by atoms with Crippen molar-refractivity contribution >= 4 is 23.2 Å². The number of thiophene rings is 1. The highest BCUT2D eigenvalue weighted by atomic mass is 32.1. The van der Waals surface area contributed by atoms with Crippen LogP contribution in [0.4, 0.5) is 0 Å². The van der Waals surface area contributed by atoms with Crippen LogP contribution in [0.3, 0.4) is 0 Å². The van der Waals surface area contributed by atoms with Crippen LogP contribution in [0.15, 0.2) is 5.38 Å². The summed E-state index contributed by atoms with van der Waals surface area (Å²) < 4.78 is 0. The zero-order chi connectivity index (χ0) is 13.4. The number of fused-ring (bicyclic) bond motifs is 1. The summed E-state index contributed by atoms with van der Waals surface area (Å²) in [6.45, 7) is 1.10. The van der Waals surface area contributed by atoms with Crippen molar-refractivity contribution in [3.8, 4) is 0 Å². The summed E-state index contributed by atoms with van der Waals surface area (Å²) in [7, 11) is 0. The van der Waals surface area contributed by atoms with E-state index in [-0.39, 0.29) is 24.5 Å². The molecule has 3 heterocycles. The zero-order valence-corrected chi connectivity index (χ0v) is 11.3. The fourth-order valence-electron chi connectivity index (χ4n) is 2.78. The van der Waals surface area contributed by atoms with E-state index in [2.05, 4.69) is 5.32 Å². The summed E-state index contributed by atoms with van der Waals surface area (Å²) in [5.41, 5.74) is 1.56. The van der Waals surface area contributed by atoms with Crippen LogP contribution < -0.4 is 5.32 Å². The van der Waals surface area contributed by atoms with E-state index in [1.165, 1.54) is 11.3 Å². The van der Waals surface area contributed by atoms with Crippen LogP contribution in [0.25, 0.3) is 0 Å². The van der Waals surface area contributed by atoms with Crippen molar-refractivity contribution in [2.75, 3.05) is 6.54 Å². The number of nitrogens with zero attached hydrogens (tertiary/aromatic N) is 1. The first-order valence-corrected chi connectivity index (χ1v) is 7.39. The highest BCUT2D eigenvalue weighted by molar-refractivity contribution is 7.10. The Kier molecular flexibility index (Phi) is 3.28. The van der Waals surface area contributed by atoms with Gasteiger partial charge >= 0.3 is 0 Å². The molecule has 1 aromatic heterocycles. The van der Waals surface area contributed by atoms with Crippen molar-refractivity contribution in [3.05, 3.63) is 21.4 Å². The van der Waals surface area contributed by atoms with E-state index in [1.54, 1.807) is 10.3 Å². The minimum absolute atomic E-state index is 0.0437. The molecular formula is C13H16N2O3S. The van der Waals surface area contributed by atoms with E-state index in [1.807, 2.05) is 0 Å². The number of carbonyl (C=O) groups excluding carboxylic acids is 2. The van der Waals surface area contributed by atoms with Crippen LogP contribution in [-0.2, 0) is 17.9 Å². The summed E-state index contributed by atoms with van der Waals surface area (Å²) in [6, 6.07) is -0.362. The molecule has 1 unspecified atom stereocenters. The molecule has 0 bridgehead atoms. The number of nitrogens with one attached hydrogen (secondary N) is 1. The molecule has 1 saturated heterocycles. The third kappa shape index (κ3) is 2.04. The number of hydrogen-bond acceptors (Lipinski definition) is 4. The molecular weight excluding hydrogens is 264 g/mol. The fraction of sp³-hybridized carbons (Fsp3) is 0.538. The van der Waals surface area contributed by atoms with Gasteiger partial charge in [0, 0.05) is 28.9 Å². The standard InChI is InChI=1S/C13H16N2O3S/c16-6-11-8-5-15(13(18)9(8)7-19-11)10-3-1-2-4-14-12(10)17/h7,10,16H,1-6H2,(H,14,17). The molecule has 2 N–H and O–H groups in total. The average molecular weight is 280 g/mol. The second-order valence-corrected chi connectivity index (χ2v) is 5.91. The molecule has 1 fully saturated rings. The van der Waals surface area contributed by atoms with Gasteiger partial charge in [0.15, 0.2) is 0 Å². The maximum Gasteiger partial charge on any atom is 0.256 e. The van der Waals surface area contributed by atoms with E-state index in [0.29, 0.717) is 18.7 Å². The maximum absolute atomic E-state index is 12.4. The van der Waals surface area contributed by atoms with Gasteiger partial charge in [-0.2, -0.15) is 0 Å². The van der Waals surface area contributed by atoms with Crippen LogP contribution in [0.1, 0.15) is 40.1 Å². The molecule has 0 aliphatic carbocycles. The summed E-state index contributed by atoms with van der Waals surface area (Å²) >= 11 is 1.41. The Hall–Kier alpha value is -1.40. The third-order valence-electron chi connectivity index (χ3n) is 3.83. The number of amides is 2. The summed E-state index contributed by atoms with van der Waals surface area (Å²) in [4.78, 5) is 26.9. The lowest BCUT2D eigenvalue weighted by Gasteiger charge is -2.25. The molecule has 1 atom stereocenters. The Labute approximate surface area is 115 Å². The molecule has 1 aromatic rings. The SMILES string of the molecule is O=C1NCCCCC1N1Cc2c(csc2CO)C1=O. The third-order valence-corrected chi connectivity index (χ3v) is 4.84. The van der Waals surface area contributed by atoms with E-state index < -0.39 is 0 Å². The molecule has 0 spiro atoms. The number of rotatable bonds is 2. The van der Waals surface area contributed by atoms with Crippen molar-refractivity contribution < 1.29 is 14.7 Å². The first-order valence-electron chi connectivity index (χ1n) is 6.51. The van der Waals surface area contributed by atoms with Crippen molar-refractivity contribution in [1.29, 1.82) is 0 Å². The van der Waals surface area contributed by atoms with Crippen LogP contribution in [0.2, 0.25) is 0 Å². The first-order chi connectivity index (χ1) is 9.22. The van der Waals surface area contributed by atoms with Gasteiger partial charge in [0.05, 0.1) is 12.2 Å². The molecule has 6 heteroatoms. The molecule has 102 valence electrons. The minimum atomic E-state index is -0.362. The number of carbonyl (C=O) groups is 2. The van der Waals surface area contributed by atoms with Crippen LogP contribution in [0.5, 0.6) is 0 Å². The van der Waals surface area contributed by atoms with Crippen LogP contribution >= 0.6 is 11.3 Å². The Morgan fingerprint density at radius 2 is 2.26 bits per heavy atom. The predicted octanol–water partition coefficient (Wildman–Crippen LogP) is 0.865. The highest BCUT2D eigenvalue weighted by Crippen LogP contribution is 2.33. The lowest BCUT2D eigenvalue weighted by atomic mass is 10.1.